The van der Waals surface area contributed by atoms with Crippen molar-refractivity contribution in [2.24, 2.45) is 0 Å². The van der Waals surface area contributed by atoms with Crippen LogP contribution < -0.4 is 0 Å². The maximum atomic E-state index is 12.0. The first kappa shape index (κ1) is 10.7. The molecule has 0 N–H and O–H groups in total. The topological polar surface area (TPSA) is 37.4 Å². The summed E-state index contributed by atoms with van der Waals surface area (Å²) >= 11 is 5.65. The van der Waals surface area contributed by atoms with E-state index in [1.807, 2.05) is 0 Å². The summed E-state index contributed by atoms with van der Waals surface area (Å²) < 4.78 is 25.6. The SMILES string of the molecule is O=S(=O)(C1CC1)N(CCCl)C1CCC1. The molecule has 0 heterocycles. The molecule has 0 unspecified atom stereocenters. The van der Waals surface area contributed by atoms with Crippen molar-refractivity contribution in [2.45, 2.75) is 43.4 Å². The van der Waals surface area contributed by atoms with Crippen LogP contribution in [0.4, 0.5) is 0 Å². The third-order valence-electron chi connectivity index (χ3n) is 3.06. The molecule has 0 aliphatic heterocycles. The molecule has 0 aromatic rings. The number of sulfonamides is 1. The third kappa shape index (κ3) is 1.92. The second-order valence-corrected chi connectivity index (χ2v) is 6.67. The van der Waals surface area contributed by atoms with Crippen LogP contribution in [0.2, 0.25) is 0 Å². The highest BCUT2D eigenvalue weighted by Crippen LogP contribution is 2.35. The summed E-state index contributed by atoms with van der Waals surface area (Å²) in [5.41, 5.74) is 0. The van der Waals surface area contributed by atoms with E-state index in [0.717, 1.165) is 32.1 Å². The summed E-state index contributed by atoms with van der Waals surface area (Å²) in [6.07, 6.45) is 4.87. The highest BCUT2D eigenvalue weighted by Gasteiger charge is 2.43. The Morgan fingerprint density at radius 1 is 1.21 bits per heavy atom. The predicted molar refractivity (Wildman–Crippen MR) is 57.0 cm³/mol. The molecule has 0 aromatic heterocycles. The van der Waals surface area contributed by atoms with Gasteiger partial charge in [0.05, 0.1) is 5.25 Å². The molecule has 0 bridgehead atoms. The molecule has 3 nitrogen and oxygen atoms in total. The summed E-state index contributed by atoms with van der Waals surface area (Å²) in [6.45, 7) is 0.491. The van der Waals surface area contributed by atoms with Crippen molar-refractivity contribution in [2.75, 3.05) is 12.4 Å². The lowest BCUT2D eigenvalue weighted by atomic mass is 9.93. The standard InChI is InChI=1S/C9H16ClNO2S/c10-6-7-11(8-2-1-3-8)14(12,13)9-4-5-9/h8-9H,1-7H2. The van der Waals surface area contributed by atoms with Crippen molar-refractivity contribution >= 4 is 21.6 Å². The van der Waals surface area contributed by atoms with Crippen LogP contribution in [-0.4, -0.2) is 36.4 Å². The smallest absolute Gasteiger partial charge is 0.212 e. The van der Waals surface area contributed by atoms with E-state index in [2.05, 4.69) is 0 Å². The van der Waals surface area contributed by atoms with Gasteiger partial charge in [0, 0.05) is 18.5 Å². The average molecular weight is 238 g/mol. The van der Waals surface area contributed by atoms with E-state index < -0.39 is 10.0 Å². The van der Waals surface area contributed by atoms with Crippen LogP contribution in [0.1, 0.15) is 32.1 Å². The number of nitrogens with zero attached hydrogens (tertiary/aromatic N) is 1. The lowest BCUT2D eigenvalue weighted by Gasteiger charge is -2.36. The molecule has 2 aliphatic rings. The van der Waals surface area contributed by atoms with Crippen LogP contribution in [0.5, 0.6) is 0 Å². The van der Waals surface area contributed by atoms with E-state index in [1.54, 1.807) is 4.31 Å². The van der Waals surface area contributed by atoms with Crippen LogP contribution in [0.25, 0.3) is 0 Å². The summed E-state index contributed by atoms with van der Waals surface area (Å²) in [7, 11) is -3.00. The number of halogens is 1. The number of hydrogen-bond acceptors (Lipinski definition) is 2. The van der Waals surface area contributed by atoms with Gasteiger partial charge in [-0.2, -0.15) is 4.31 Å². The zero-order chi connectivity index (χ0) is 10.2. The lowest BCUT2D eigenvalue weighted by Crippen LogP contribution is -2.46. The van der Waals surface area contributed by atoms with E-state index in [-0.39, 0.29) is 11.3 Å². The summed E-state index contributed by atoms with van der Waals surface area (Å²) in [5.74, 6) is 0.405. The Labute approximate surface area is 90.5 Å². The Hall–Kier alpha value is 0.200. The zero-order valence-corrected chi connectivity index (χ0v) is 9.73. The molecule has 2 saturated carbocycles. The summed E-state index contributed by atoms with van der Waals surface area (Å²) in [6, 6.07) is 0.249. The van der Waals surface area contributed by atoms with Crippen LogP contribution in [0, 0.1) is 0 Å². The van der Waals surface area contributed by atoms with Crippen molar-refractivity contribution in [3.8, 4) is 0 Å². The second-order valence-electron chi connectivity index (χ2n) is 4.13. The van der Waals surface area contributed by atoms with Crippen LogP contribution in [0.15, 0.2) is 0 Å². The normalized spacial score (nSPS) is 23.9. The highest BCUT2D eigenvalue weighted by molar-refractivity contribution is 7.90. The third-order valence-corrected chi connectivity index (χ3v) is 5.68. The number of rotatable bonds is 5. The van der Waals surface area contributed by atoms with Crippen LogP contribution in [-0.2, 0) is 10.0 Å². The quantitative estimate of drug-likeness (QED) is 0.681. The van der Waals surface area contributed by atoms with Gasteiger partial charge in [-0.25, -0.2) is 8.42 Å². The summed E-state index contributed by atoms with van der Waals surface area (Å²) in [5, 5.41) is -0.0914. The fraction of sp³-hybridized carbons (Fsp3) is 1.00. The van der Waals surface area contributed by atoms with Crippen molar-refractivity contribution in [3.05, 3.63) is 0 Å². The molecular formula is C9H16ClNO2S. The lowest BCUT2D eigenvalue weighted by molar-refractivity contribution is 0.227. The Morgan fingerprint density at radius 3 is 2.21 bits per heavy atom. The van der Waals surface area contributed by atoms with E-state index in [0.29, 0.717) is 12.4 Å². The Kier molecular flexibility index (Phi) is 3.05. The minimum absolute atomic E-state index is 0.0914. The van der Waals surface area contributed by atoms with Gasteiger partial charge in [0.1, 0.15) is 0 Å². The largest absolute Gasteiger partial charge is 0.217 e. The molecule has 0 saturated heterocycles. The highest BCUT2D eigenvalue weighted by atomic mass is 35.5. The average Bonchev–Trinajstić information content (AvgIpc) is 2.82. The van der Waals surface area contributed by atoms with Gasteiger partial charge in [-0.15, -0.1) is 11.6 Å². The molecular weight excluding hydrogens is 222 g/mol. The predicted octanol–water partition coefficient (Wildman–Crippen LogP) is 1.57. The Bertz CT molecular complexity index is 296. The Morgan fingerprint density at radius 2 is 1.86 bits per heavy atom. The van der Waals surface area contributed by atoms with Gasteiger partial charge in [-0.1, -0.05) is 6.42 Å². The summed E-state index contributed by atoms with van der Waals surface area (Å²) in [4.78, 5) is 0. The van der Waals surface area contributed by atoms with Crippen LogP contribution >= 0.6 is 11.6 Å². The van der Waals surface area contributed by atoms with Gasteiger partial charge in [0.25, 0.3) is 0 Å². The van der Waals surface area contributed by atoms with E-state index in [4.69, 9.17) is 11.6 Å². The first-order valence-corrected chi connectivity index (χ1v) is 7.26. The number of alkyl halides is 1. The molecule has 5 heteroatoms. The van der Waals surface area contributed by atoms with Gasteiger partial charge in [0.2, 0.25) is 10.0 Å². The molecule has 0 atom stereocenters. The van der Waals surface area contributed by atoms with Crippen molar-refractivity contribution in [3.63, 3.8) is 0 Å². The molecule has 82 valence electrons. The van der Waals surface area contributed by atoms with Crippen molar-refractivity contribution in [1.82, 2.24) is 4.31 Å². The molecule has 0 amide bonds. The molecule has 0 aromatic carbocycles. The molecule has 0 spiro atoms. The minimum atomic E-state index is -3.00. The molecule has 2 rings (SSSR count). The van der Waals surface area contributed by atoms with Crippen molar-refractivity contribution in [1.29, 1.82) is 0 Å². The monoisotopic (exact) mass is 237 g/mol. The maximum Gasteiger partial charge on any atom is 0.217 e. The van der Waals surface area contributed by atoms with Crippen LogP contribution in [0.3, 0.4) is 0 Å². The molecule has 2 fully saturated rings. The second kappa shape index (κ2) is 3.99. The van der Waals surface area contributed by atoms with E-state index in [1.165, 1.54) is 0 Å². The van der Waals surface area contributed by atoms with E-state index in [9.17, 15) is 8.42 Å². The minimum Gasteiger partial charge on any atom is -0.212 e. The van der Waals surface area contributed by atoms with Gasteiger partial charge in [-0.3, -0.25) is 0 Å². The van der Waals surface area contributed by atoms with Gasteiger partial charge < -0.3 is 0 Å². The van der Waals surface area contributed by atoms with E-state index >= 15 is 0 Å². The molecule has 14 heavy (non-hydrogen) atoms. The first-order chi connectivity index (χ1) is 6.66. The molecule has 2 aliphatic carbocycles. The van der Waals surface area contributed by atoms with Gasteiger partial charge in [0.15, 0.2) is 0 Å². The number of hydrogen-bond donors (Lipinski definition) is 0. The fourth-order valence-corrected chi connectivity index (χ4v) is 4.20. The fourth-order valence-electron chi connectivity index (χ4n) is 1.83. The van der Waals surface area contributed by atoms with Gasteiger partial charge in [-0.05, 0) is 25.7 Å². The molecule has 0 radical (unpaired) electrons. The first-order valence-electron chi connectivity index (χ1n) is 5.23. The Balaban J connectivity index is 2.07. The van der Waals surface area contributed by atoms with Gasteiger partial charge >= 0.3 is 0 Å². The maximum absolute atomic E-state index is 12.0. The van der Waals surface area contributed by atoms with Crippen molar-refractivity contribution < 1.29 is 8.42 Å². The zero-order valence-electron chi connectivity index (χ0n) is 8.15.